The number of aryl methyl sites for hydroxylation is 1. The first-order valence-corrected chi connectivity index (χ1v) is 8.85. The van der Waals surface area contributed by atoms with Gasteiger partial charge < -0.3 is 9.88 Å². The zero-order valence-electron chi connectivity index (χ0n) is 12.1. The molecule has 3 rings (SSSR count). The minimum Gasteiger partial charge on any atom is -0.352 e. The smallest absolute Gasteiger partial charge is 0.242 e. The molecule has 0 radical (unpaired) electrons. The van der Waals surface area contributed by atoms with E-state index in [1.807, 2.05) is 18.5 Å². The summed E-state index contributed by atoms with van der Waals surface area (Å²) in [6.07, 6.45) is 6.43. The van der Waals surface area contributed by atoms with E-state index in [0.717, 1.165) is 25.1 Å². The highest BCUT2D eigenvalue weighted by molar-refractivity contribution is 7.89. The fourth-order valence-electron chi connectivity index (χ4n) is 2.44. The van der Waals surface area contributed by atoms with Gasteiger partial charge in [0.15, 0.2) is 0 Å². The number of rotatable bonds is 7. The van der Waals surface area contributed by atoms with E-state index in [1.165, 1.54) is 12.8 Å². The van der Waals surface area contributed by atoms with Crippen molar-refractivity contribution in [1.29, 1.82) is 0 Å². The zero-order chi connectivity index (χ0) is 14.3. The van der Waals surface area contributed by atoms with Crippen LogP contribution in [0.1, 0.15) is 38.3 Å². The first-order chi connectivity index (χ1) is 9.45. The van der Waals surface area contributed by atoms with Crippen molar-refractivity contribution in [2.45, 2.75) is 56.1 Å². The molecule has 0 spiro atoms. The summed E-state index contributed by atoms with van der Waals surface area (Å²) in [7, 11) is -1.49. The van der Waals surface area contributed by atoms with Crippen LogP contribution in [0.15, 0.2) is 17.2 Å². The van der Waals surface area contributed by atoms with Crippen LogP contribution in [0.4, 0.5) is 0 Å². The second kappa shape index (κ2) is 5.16. The quantitative estimate of drug-likeness (QED) is 0.798. The van der Waals surface area contributed by atoms with Crippen molar-refractivity contribution in [1.82, 2.24) is 14.6 Å². The van der Waals surface area contributed by atoms with Crippen LogP contribution >= 0.6 is 0 Å². The summed E-state index contributed by atoms with van der Waals surface area (Å²) in [6.45, 7) is 2.68. The number of hydrogen-bond donors (Lipinski definition) is 2. The lowest BCUT2D eigenvalue weighted by Gasteiger charge is -2.11. The molecule has 2 aliphatic carbocycles. The molecule has 1 atom stereocenters. The summed E-state index contributed by atoms with van der Waals surface area (Å²) in [4.78, 5) is 0.375. The van der Waals surface area contributed by atoms with Crippen LogP contribution in [0.2, 0.25) is 0 Å². The number of sulfonamides is 1. The van der Waals surface area contributed by atoms with Crippen LogP contribution in [0.5, 0.6) is 0 Å². The summed E-state index contributed by atoms with van der Waals surface area (Å²) < 4.78 is 29.4. The molecule has 0 aromatic carbocycles. The summed E-state index contributed by atoms with van der Waals surface area (Å²) in [5, 5.41) is 3.41. The van der Waals surface area contributed by atoms with Gasteiger partial charge in [0.25, 0.3) is 0 Å². The standard InChI is InChI=1S/C14H23N3O2S/c1-10(11-3-4-11)16-20(18,19)14-7-13(17(2)9-14)8-15-12-5-6-12/h7,9-12,15-16H,3-6,8H2,1-2H3. The van der Waals surface area contributed by atoms with Crippen molar-refractivity contribution in [3.63, 3.8) is 0 Å². The van der Waals surface area contributed by atoms with E-state index in [9.17, 15) is 8.42 Å². The van der Waals surface area contributed by atoms with E-state index in [1.54, 1.807) is 12.3 Å². The largest absolute Gasteiger partial charge is 0.352 e. The Labute approximate surface area is 120 Å². The van der Waals surface area contributed by atoms with Crippen molar-refractivity contribution < 1.29 is 8.42 Å². The molecule has 0 aliphatic heterocycles. The molecule has 1 aromatic rings. The molecular weight excluding hydrogens is 274 g/mol. The molecule has 1 aromatic heterocycles. The summed E-state index contributed by atoms with van der Waals surface area (Å²) in [6, 6.07) is 2.43. The van der Waals surface area contributed by atoms with Crippen molar-refractivity contribution >= 4 is 10.0 Å². The van der Waals surface area contributed by atoms with Gasteiger partial charge in [0.1, 0.15) is 0 Å². The van der Waals surface area contributed by atoms with Gasteiger partial charge in [-0.05, 0) is 44.6 Å². The minimum absolute atomic E-state index is 0.0354. The molecular formula is C14H23N3O2S. The fourth-order valence-corrected chi connectivity index (χ4v) is 3.85. The molecule has 2 fully saturated rings. The highest BCUT2D eigenvalue weighted by atomic mass is 32.2. The maximum Gasteiger partial charge on any atom is 0.242 e. The van der Waals surface area contributed by atoms with Crippen molar-refractivity contribution in [3.8, 4) is 0 Å². The van der Waals surface area contributed by atoms with E-state index < -0.39 is 10.0 Å². The van der Waals surface area contributed by atoms with E-state index in [-0.39, 0.29) is 6.04 Å². The Bertz CT molecular complexity index is 586. The van der Waals surface area contributed by atoms with Crippen LogP contribution in [0.25, 0.3) is 0 Å². The first-order valence-electron chi connectivity index (χ1n) is 7.36. The maximum absolute atomic E-state index is 12.3. The van der Waals surface area contributed by atoms with Gasteiger partial charge in [0.05, 0.1) is 4.90 Å². The van der Waals surface area contributed by atoms with Crippen LogP contribution in [0, 0.1) is 5.92 Å². The lowest BCUT2D eigenvalue weighted by molar-refractivity contribution is 0.538. The Balaban J connectivity index is 1.69. The second-order valence-corrected chi connectivity index (χ2v) is 7.89. The monoisotopic (exact) mass is 297 g/mol. The van der Waals surface area contributed by atoms with Gasteiger partial charge in [0, 0.05) is 37.6 Å². The molecule has 0 bridgehead atoms. The Kier molecular flexibility index (Phi) is 3.64. The topological polar surface area (TPSA) is 63.1 Å². The summed E-state index contributed by atoms with van der Waals surface area (Å²) in [5.41, 5.74) is 1.01. The fraction of sp³-hybridized carbons (Fsp3) is 0.714. The molecule has 2 saturated carbocycles. The van der Waals surface area contributed by atoms with Crippen molar-refractivity contribution in [3.05, 3.63) is 18.0 Å². The molecule has 20 heavy (non-hydrogen) atoms. The normalized spacial score (nSPS) is 21.1. The van der Waals surface area contributed by atoms with E-state index >= 15 is 0 Å². The predicted molar refractivity (Wildman–Crippen MR) is 77.8 cm³/mol. The molecule has 0 saturated heterocycles. The lowest BCUT2D eigenvalue weighted by Crippen LogP contribution is -2.33. The minimum atomic E-state index is -3.39. The van der Waals surface area contributed by atoms with Crippen LogP contribution < -0.4 is 10.0 Å². The van der Waals surface area contributed by atoms with E-state index in [0.29, 0.717) is 16.9 Å². The molecule has 2 N–H and O–H groups in total. The SMILES string of the molecule is CC(NS(=O)(=O)c1cc(CNC2CC2)n(C)c1)C1CC1. The van der Waals surface area contributed by atoms with Crippen LogP contribution in [0.3, 0.4) is 0 Å². The number of aromatic nitrogens is 1. The lowest BCUT2D eigenvalue weighted by atomic mass is 10.2. The average Bonchev–Trinajstić information content (AvgIpc) is 3.24. The molecule has 5 nitrogen and oxygen atoms in total. The first kappa shape index (κ1) is 14.1. The van der Waals surface area contributed by atoms with Gasteiger partial charge in [0.2, 0.25) is 10.0 Å². The Morgan fingerprint density at radius 3 is 2.65 bits per heavy atom. The molecule has 112 valence electrons. The molecule has 1 unspecified atom stereocenters. The third-order valence-electron chi connectivity index (χ3n) is 4.21. The van der Waals surface area contributed by atoms with Gasteiger partial charge in [-0.25, -0.2) is 13.1 Å². The number of hydrogen-bond acceptors (Lipinski definition) is 3. The number of nitrogens with one attached hydrogen (secondary N) is 2. The molecule has 2 aliphatic rings. The molecule has 1 heterocycles. The van der Waals surface area contributed by atoms with E-state index in [2.05, 4.69) is 10.0 Å². The van der Waals surface area contributed by atoms with Gasteiger partial charge in [-0.3, -0.25) is 0 Å². The highest BCUT2D eigenvalue weighted by Gasteiger charge is 2.31. The molecule has 0 amide bonds. The third kappa shape index (κ3) is 3.24. The summed E-state index contributed by atoms with van der Waals surface area (Å²) in [5.74, 6) is 0.518. The van der Waals surface area contributed by atoms with Gasteiger partial charge in [-0.2, -0.15) is 0 Å². The summed E-state index contributed by atoms with van der Waals surface area (Å²) >= 11 is 0. The van der Waals surface area contributed by atoms with Crippen LogP contribution in [-0.2, 0) is 23.6 Å². The van der Waals surface area contributed by atoms with Gasteiger partial charge in [-0.15, -0.1) is 0 Å². The highest BCUT2D eigenvalue weighted by Crippen LogP contribution is 2.33. The Hall–Kier alpha value is -0.850. The van der Waals surface area contributed by atoms with Crippen LogP contribution in [-0.4, -0.2) is 25.1 Å². The van der Waals surface area contributed by atoms with Crippen molar-refractivity contribution in [2.24, 2.45) is 13.0 Å². The third-order valence-corrected chi connectivity index (χ3v) is 5.74. The zero-order valence-corrected chi connectivity index (χ0v) is 12.9. The van der Waals surface area contributed by atoms with Crippen molar-refractivity contribution in [2.75, 3.05) is 0 Å². The van der Waals surface area contributed by atoms with Gasteiger partial charge in [-0.1, -0.05) is 0 Å². The van der Waals surface area contributed by atoms with Gasteiger partial charge >= 0.3 is 0 Å². The second-order valence-electron chi connectivity index (χ2n) is 6.18. The maximum atomic E-state index is 12.3. The Morgan fingerprint density at radius 2 is 2.05 bits per heavy atom. The van der Waals surface area contributed by atoms with E-state index in [4.69, 9.17) is 0 Å². The Morgan fingerprint density at radius 1 is 1.35 bits per heavy atom. The average molecular weight is 297 g/mol. The molecule has 6 heteroatoms. The predicted octanol–water partition coefficient (Wildman–Crippen LogP) is 1.35. The number of nitrogens with zero attached hydrogens (tertiary/aromatic N) is 1.